The van der Waals surface area contributed by atoms with Crippen LogP contribution in [-0.4, -0.2) is 34.9 Å². The van der Waals surface area contributed by atoms with Gasteiger partial charge in [0.2, 0.25) is 5.91 Å². The summed E-state index contributed by atoms with van der Waals surface area (Å²) in [4.78, 5) is 34.3. The van der Waals surface area contributed by atoms with Gasteiger partial charge in [-0.25, -0.2) is 0 Å². The fourth-order valence-electron chi connectivity index (χ4n) is 2.02. The molecule has 0 bridgehead atoms. The molecule has 0 heterocycles. The maximum atomic E-state index is 12.1. The van der Waals surface area contributed by atoms with Crippen LogP contribution in [0.4, 0.5) is 5.69 Å². The number of benzene rings is 1. The number of amides is 2. The lowest BCUT2D eigenvalue weighted by molar-refractivity contribution is -0.384. The van der Waals surface area contributed by atoms with Gasteiger partial charge >= 0.3 is 0 Å². The van der Waals surface area contributed by atoms with Crippen molar-refractivity contribution in [1.29, 1.82) is 0 Å². The van der Waals surface area contributed by atoms with E-state index in [1.807, 2.05) is 13.8 Å². The lowest BCUT2D eigenvalue weighted by Gasteiger charge is -2.27. The molecule has 1 aromatic carbocycles. The van der Waals surface area contributed by atoms with Crippen molar-refractivity contribution >= 4 is 17.5 Å². The van der Waals surface area contributed by atoms with Gasteiger partial charge < -0.3 is 16.4 Å². The minimum atomic E-state index is -0.783. The number of nitrogens with one attached hydrogen (secondary N) is 2. The molecule has 1 atom stereocenters. The molecule has 0 fully saturated rings. The maximum absolute atomic E-state index is 12.1. The molecule has 4 N–H and O–H groups in total. The molecule has 1 unspecified atom stereocenters. The van der Waals surface area contributed by atoms with E-state index < -0.39 is 22.4 Å². The van der Waals surface area contributed by atoms with Gasteiger partial charge in [0.25, 0.3) is 11.6 Å². The molecular formula is C16H24N4O4. The molecule has 24 heavy (non-hydrogen) atoms. The molecular weight excluding hydrogens is 312 g/mol. The van der Waals surface area contributed by atoms with Gasteiger partial charge in [0.05, 0.1) is 4.92 Å². The van der Waals surface area contributed by atoms with E-state index in [-0.39, 0.29) is 17.2 Å². The van der Waals surface area contributed by atoms with Crippen molar-refractivity contribution in [3.8, 4) is 0 Å². The monoisotopic (exact) mass is 336 g/mol. The molecule has 132 valence electrons. The summed E-state index contributed by atoms with van der Waals surface area (Å²) in [5, 5.41) is 16.0. The van der Waals surface area contributed by atoms with Crippen LogP contribution in [0.3, 0.4) is 0 Å². The van der Waals surface area contributed by atoms with Crippen molar-refractivity contribution in [3.63, 3.8) is 0 Å². The molecule has 0 radical (unpaired) electrons. The molecule has 1 rings (SSSR count). The number of hydrogen-bond donors (Lipinski definition) is 3. The largest absolute Gasteiger partial charge is 0.352 e. The molecule has 8 heteroatoms. The van der Waals surface area contributed by atoms with Crippen molar-refractivity contribution in [1.82, 2.24) is 10.6 Å². The summed E-state index contributed by atoms with van der Waals surface area (Å²) in [5.41, 5.74) is 5.59. The highest BCUT2D eigenvalue weighted by molar-refractivity contribution is 5.97. The van der Waals surface area contributed by atoms with Gasteiger partial charge in [-0.2, -0.15) is 0 Å². The average molecular weight is 336 g/mol. The number of nitro groups is 1. The Morgan fingerprint density at radius 1 is 1.33 bits per heavy atom. The third-order valence-electron chi connectivity index (χ3n) is 4.08. The summed E-state index contributed by atoms with van der Waals surface area (Å²) in [5.74, 6) is -0.906. The minimum absolute atomic E-state index is 0.124. The van der Waals surface area contributed by atoms with Crippen LogP contribution < -0.4 is 16.4 Å². The zero-order valence-electron chi connectivity index (χ0n) is 14.2. The second-order valence-corrected chi connectivity index (χ2v) is 5.79. The molecule has 0 aliphatic rings. The van der Waals surface area contributed by atoms with E-state index in [0.29, 0.717) is 6.54 Å². The SMILES string of the molecule is CCC(N)(CC)CNC(=O)C(C)NC(=O)c1cccc([N+](=O)[O-])c1. The fraction of sp³-hybridized carbons (Fsp3) is 0.500. The van der Waals surface area contributed by atoms with Gasteiger partial charge in [-0.05, 0) is 25.8 Å². The van der Waals surface area contributed by atoms with Gasteiger partial charge in [-0.15, -0.1) is 0 Å². The molecule has 0 aliphatic heterocycles. The Balaban J connectivity index is 2.65. The number of non-ortho nitro benzene ring substituents is 1. The standard InChI is InChI=1S/C16H24N4O4/c1-4-16(17,5-2)10-18-14(21)11(3)19-15(22)12-7-6-8-13(9-12)20(23)24/h6-9,11H,4-5,10,17H2,1-3H3,(H,18,21)(H,19,22). The van der Waals surface area contributed by atoms with Crippen LogP contribution in [0.25, 0.3) is 0 Å². The summed E-state index contributed by atoms with van der Waals surface area (Å²) < 4.78 is 0. The first kappa shape index (κ1) is 19.6. The van der Waals surface area contributed by atoms with E-state index in [9.17, 15) is 19.7 Å². The van der Waals surface area contributed by atoms with E-state index in [1.54, 1.807) is 6.92 Å². The molecule has 8 nitrogen and oxygen atoms in total. The lowest BCUT2D eigenvalue weighted by Crippen LogP contribution is -2.53. The van der Waals surface area contributed by atoms with E-state index in [4.69, 9.17) is 5.73 Å². The summed E-state index contributed by atoms with van der Waals surface area (Å²) >= 11 is 0. The zero-order chi connectivity index (χ0) is 18.3. The topological polar surface area (TPSA) is 127 Å². The minimum Gasteiger partial charge on any atom is -0.352 e. The summed E-state index contributed by atoms with van der Waals surface area (Å²) in [6, 6.07) is 4.55. The summed E-state index contributed by atoms with van der Waals surface area (Å²) in [6.07, 6.45) is 1.44. The summed E-state index contributed by atoms with van der Waals surface area (Å²) in [7, 11) is 0. The zero-order valence-corrected chi connectivity index (χ0v) is 14.2. The molecule has 2 amide bonds. The lowest BCUT2D eigenvalue weighted by atomic mass is 9.94. The molecule has 0 spiro atoms. The smallest absolute Gasteiger partial charge is 0.270 e. The Morgan fingerprint density at radius 3 is 2.50 bits per heavy atom. The molecule has 0 aromatic heterocycles. The first-order chi connectivity index (χ1) is 11.2. The van der Waals surface area contributed by atoms with Crippen molar-refractivity contribution in [2.45, 2.75) is 45.2 Å². The molecule has 0 aliphatic carbocycles. The van der Waals surface area contributed by atoms with E-state index in [0.717, 1.165) is 12.8 Å². The number of carbonyl (C=O) groups excluding carboxylic acids is 2. The van der Waals surface area contributed by atoms with Crippen LogP contribution in [0, 0.1) is 10.1 Å². The number of nitrogens with two attached hydrogens (primary N) is 1. The number of nitrogens with zero attached hydrogens (tertiary/aromatic N) is 1. The number of nitro benzene ring substituents is 1. The highest BCUT2D eigenvalue weighted by Crippen LogP contribution is 2.13. The Morgan fingerprint density at radius 2 is 1.96 bits per heavy atom. The second kappa shape index (κ2) is 8.39. The van der Waals surface area contributed by atoms with Crippen molar-refractivity contribution in [2.24, 2.45) is 5.73 Å². The van der Waals surface area contributed by atoms with Gasteiger partial charge in [0.1, 0.15) is 6.04 Å². The Labute approximate surface area is 140 Å². The third kappa shape index (κ3) is 5.31. The van der Waals surface area contributed by atoms with E-state index >= 15 is 0 Å². The van der Waals surface area contributed by atoms with Crippen LogP contribution in [0.5, 0.6) is 0 Å². The Kier molecular flexibility index (Phi) is 6.84. The maximum Gasteiger partial charge on any atom is 0.270 e. The second-order valence-electron chi connectivity index (χ2n) is 5.79. The summed E-state index contributed by atoms with van der Waals surface area (Å²) in [6.45, 7) is 5.75. The Hall–Kier alpha value is -2.48. The highest BCUT2D eigenvalue weighted by Gasteiger charge is 2.23. The normalized spacial score (nSPS) is 12.3. The first-order valence-corrected chi connectivity index (χ1v) is 7.84. The molecule has 0 saturated carbocycles. The van der Waals surface area contributed by atoms with Gasteiger partial charge in [-0.3, -0.25) is 19.7 Å². The van der Waals surface area contributed by atoms with Gasteiger partial charge in [0.15, 0.2) is 0 Å². The molecule has 1 aromatic rings. The van der Waals surface area contributed by atoms with Crippen molar-refractivity contribution in [3.05, 3.63) is 39.9 Å². The fourth-order valence-corrected chi connectivity index (χ4v) is 2.02. The van der Waals surface area contributed by atoms with E-state index in [1.165, 1.54) is 24.3 Å². The average Bonchev–Trinajstić information content (AvgIpc) is 2.59. The van der Waals surface area contributed by atoms with Gasteiger partial charge in [-0.1, -0.05) is 19.9 Å². The number of rotatable bonds is 8. The van der Waals surface area contributed by atoms with Crippen LogP contribution >= 0.6 is 0 Å². The first-order valence-electron chi connectivity index (χ1n) is 7.84. The third-order valence-corrected chi connectivity index (χ3v) is 4.08. The predicted molar refractivity (Wildman–Crippen MR) is 90.5 cm³/mol. The number of hydrogen-bond acceptors (Lipinski definition) is 5. The van der Waals surface area contributed by atoms with E-state index in [2.05, 4.69) is 10.6 Å². The van der Waals surface area contributed by atoms with Crippen molar-refractivity contribution < 1.29 is 14.5 Å². The van der Waals surface area contributed by atoms with Crippen LogP contribution in [0.1, 0.15) is 44.0 Å². The van der Waals surface area contributed by atoms with Crippen molar-refractivity contribution in [2.75, 3.05) is 6.54 Å². The van der Waals surface area contributed by atoms with Crippen LogP contribution in [0.15, 0.2) is 24.3 Å². The van der Waals surface area contributed by atoms with Crippen LogP contribution in [0.2, 0.25) is 0 Å². The van der Waals surface area contributed by atoms with Gasteiger partial charge in [0, 0.05) is 29.8 Å². The molecule has 0 saturated heterocycles. The van der Waals surface area contributed by atoms with Crippen LogP contribution in [-0.2, 0) is 4.79 Å². The highest BCUT2D eigenvalue weighted by atomic mass is 16.6. The predicted octanol–water partition coefficient (Wildman–Crippen LogP) is 1.35. The Bertz CT molecular complexity index is 614. The number of carbonyl (C=O) groups is 2. The quantitative estimate of drug-likeness (QED) is 0.488.